The predicted molar refractivity (Wildman–Crippen MR) is 107 cm³/mol. The summed E-state index contributed by atoms with van der Waals surface area (Å²) in [6.45, 7) is 5.84. The summed E-state index contributed by atoms with van der Waals surface area (Å²) in [7, 11) is 1.67. The zero-order chi connectivity index (χ0) is 20.9. The van der Waals surface area contributed by atoms with Gasteiger partial charge in [-0.15, -0.1) is 0 Å². The van der Waals surface area contributed by atoms with Crippen molar-refractivity contribution in [1.29, 1.82) is 0 Å². The Morgan fingerprint density at radius 3 is 2.52 bits per heavy atom. The largest absolute Gasteiger partial charge is 0.335 e. The molecule has 1 fully saturated rings. The Balaban J connectivity index is 1.74. The van der Waals surface area contributed by atoms with Crippen molar-refractivity contribution in [2.45, 2.75) is 51.6 Å². The maximum absolute atomic E-state index is 13.7. The summed E-state index contributed by atoms with van der Waals surface area (Å²) >= 11 is 0. The molecule has 0 spiro atoms. The molecule has 152 valence electrons. The lowest BCUT2D eigenvalue weighted by molar-refractivity contribution is 0.0744. The Hall–Kier alpha value is -2.83. The molecule has 0 radical (unpaired) electrons. The number of hydrogen-bond acceptors (Lipinski definition) is 3. The van der Waals surface area contributed by atoms with Gasteiger partial charge in [-0.1, -0.05) is 6.07 Å². The minimum absolute atomic E-state index is 0.122. The summed E-state index contributed by atoms with van der Waals surface area (Å²) in [5, 5.41) is 5.14. The van der Waals surface area contributed by atoms with Crippen molar-refractivity contribution in [2.75, 3.05) is 7.05 Å². The molecule has 7 heteroatoms. The van der Waals surface area contributed by atoms with Gasteiger partial charge in [-0.05, 0) is 57.4 Å². The van der Waals surface area contributed by atoms with Crippen LogP contribution < -0.4 is 0 Å². The molecule has 0 N–H and O–H groups in total. The lowest BCUT2D eigenvalue weighted by Crippen LogP contribution is -2.30. The van der Waals surface area contributed by atoms with Crippen LogP contribution in [-0.4, -0.2) is 32.6 Å². The molecule has 2 aromatic heterocycles. The third kappa shape index (κ3) is 3.50. The molecule has 1 atom stereocenters. The fourth-order valence-corrected chi connectivity index (χ4v) is 3.54. The van der Waals surface area contributed by atoms with E-state index in [1.165, 1.54) is 6.07 Å². The van der Waals surface area contributed by atoms with Gasteiger partial charge in [-0.3, -0.25) is 4.79 Å². The molecular weight excluding hydrogens is 374 g/mol. The molecule has 5 nitrogen and oxygen atoms in total. The van der Waals surface area contributed by atoms with Gasteiger partial charge < -0.3 is 4.90 Å². The van der Waals surface area contributed by atoms with Crippen molar-refractivity contribution in [2.24, 2.45) is 0 Å². The Morgan fingerprint density at radius 1 is 1.17 bits per heavy atom. The minimum atomic E-state index is -0.921. The van der Waals surface area contributed by atoms with E-state index in [4.69, 9.17) is 4.98 Å². The van der Waals surface area contributed by atoms with Crippen molar-refractivity contribution < 1.29 is 13.6 Å². The average molecular weight is 398 g/mol. The minimum Gasteiger partial charge on any atom is -0.335 e. The van der Waals surface area contributed by atoms with E-state index >= 15 is 0 Å². The molecule has 0 bridgehead atoms. The second kappa shape index (κ2) is 7.21. The van der Waals surface area contributed by atoms with E-state index in [-0.39, 0.29) is 11.9 Å². The molecule has 1 aliphatic carbocycles. The third-order valence-corrected chi connectivity index (χ3v) is 5.63. The van der Waals surface area contributed by atoms with Crippen LogP contribution in [0, 0.1) is 11.6 Å². The highest BCUT2D eigenvalue weighted by molar-refractivity contribution is 6.05. The van der Waals surface area contributed by atoms with Gasteiger partial charge in [0.2, 0.25) is 0 Å². The van der Waals surface area contributed by atoms with E-state index in [9.17, 15) is 13.6 Å². The molecule has 1 aliphatic rings. The van der Waals surface area contributed by atoms with Gasteiger partial charge in [0, 0.05) is 24.7 Å². The average Bonchev–Trinajstić information content (AvgIpc) is 3.46. The summed E-state index contributed by atoms with van der Waals surface area (Å²) < 4.78 is 28.8. The first kappa shape index (κ1) is 19.5. The van der Waals surface area contributed by atoms with Crippen LogP contribution in [0.5, 0.6) is 0 Å². The van der Waals surface area contributed by atoms with Crippen LogP contribution in [0.25, 0.3) is 11.0 Å². The maximum atomic E-state index is 13.7. The van der Waals surface area contributed by atoms with Crippen LogP contribution >= 0.6 is 0 Å². The number of fused-ring (bicyclic) bond motifs is 1. The number of pyridine rings is 1. The molecule has 1 amide bonds. The highest BCUT2D eigenvalue weighted by atomic mass is 19.2. The fraction of sp³-hybridized carbons (Fsp3) is 0.409. The highest BCUT2D eigenvalue weighted by Crippen LogP contribution is 2.40. The Morgan fingerprint density at radius 2 is 1.90 bits per heavy atom. The van der Waals surface area contributed by atoms with Crippen LogP contribution in [-0.2, 0) is 0 Å². The number of carbonyl (C=O) groups is 1. The molecule has 0 saturated heterocycles. The van der Waals surface area contributed by atoms with Crippen LogP contribution in [0.3, 0.4) is 0 Å². The van der Waals surface area contributed by atoms with Gasteiger partial charge in [0.25, 0.3) is 5.91 Å². The van der Waals surface area contributed by atoms with E-state index in [2.05, 4.69) is 5.10 Å². The molecule has 4 rings (SSSR count). The molecule has 0 aliphatic heterocycles. The zero-order valence-corrected chi connectivity index (χ0v) is 17.0. The summed E-state index contributed by atoms with van der Waals surface area (Å²) in [6.07, 6.45) is 3.83. The molecule has 1 unspecified atom stereocenters. The summed E-state index contributed by atoms with van der Waals surface area (Å²) in [4.78, 5) is 19.7. The number of amides is 1. The molecule has 1 saturated carbocycles. The summed E-state index contributed by atoms with van der Waals surface area (Å²) in [5.41, 5.74) is 2.70. The van der Waals surface area contributed by atoms with Crippen molar-refractivity contribution in [3.05, 3.63) is 58.9 Å². The van der Waals surface area contributed by atoms with Gasteiger partial charge >= 0.3 is 0 Å². The van der Waals surface area contributed by atoms with E-state index in [1.54, 1.807) is 25.1 Å². The molecule has 1 aromatic carbocycles. The number of benzene rings is 1. The van der Waals surface area contributed by atoms with E-state index in [0.29, 0.717) is 28.1 Å². The van der Waals surface area contributed by atoms with Gasteiger partial charge in [-0.2, -0.15) is 5.10 Å². The normalized spacial score (nSPS) is 15.1. The first-order chi connectivity index (χ1) is 13.8. The van der Waals surface area contributed by atoms with Crippen LogP contribution in [0.2, 0.25) is 0 Å². The summed E-state index contributed by atoms with van der Waals surface area (Å²) in [5.74, 6) is -1.63. The number of nitrogens with zero attached hydrogens (tertiary/aromatic N) is 4. The lowest BCUT2D eigenvalue weighted by Gasteiger charge is -2.26. The predicted octanol–water partition coefficient (Wildman–Crippen LogP) is 5.00. The molecule has 3 aromatic rings. The first-order valence-corrected chi connectivity index (χ1v) is 9.88. The van der Waals surface area contributed by atoms with Gasteiger partial charge in [0.05, 0.1) is 23.2 Å². The van der Waals surface area contributed by atoms with Crippen LogP contribution in [0.4, 0.5) is 8.78 Å². The van der Waals surface area contributed by atoms with Crippen molar-refractivity contribution >= 4 is 16.9 Å². The van der Waals surface area contributed by atoms with Crippen molar-refractivity contribution in [3.8, 4) is 0 Å². The topological polar surface area (TPSA) is 51.0 Å². The van der Waals surface area contributed by atoms with Crippen molar-refractivity contribution in [1.82, 2.24) is 19.7 Å². The summed E-state index contributed by atoms with van der Waals surface area (Å²) in [6, 6.07) is 5.28. The Bertz CT molecular complexity index is 1090. The third-order valence-electron chi connectivity index (χ3n) is 5.63. The number of halogens is 2. The number of rotatable bonds is 5. The van der Waals surface area contributed by atoms with Crippen molar-refractivity contribution in [3.63, 3.8) is 0 Å². The van der Waals surface area contributed by atoms with E-state index in [1.807, 2.05) is 24.6 Å². The van der Waals surface area contributed by atoms with E-state index < -0.39 is 17.7 Å². The number of aromatic nitrogens is 3. The SMILES string of the molecule is CC(c1ccc(F)c(F)c1)N(C)C(=O)c1cc(C2CC2)nc2c1cnn2C(C)C. The second-order valence-electron chi connectivity index (χ2n) is 8.05. The lowest BCUT2D eigenvalue weighted by atomic mass is 10.0. The fourth-order valence-electron chi connectivity index (χ4n) is 3.54. The number of hydrogen-bond donors (Lipinski definition) is 0. The second-order valence-corrected chi connectivity index (χ2v) is 8.05. The molecule has 29 heavy (non-hydrogen) atoms. The quantitative estimate of drug-likeness (QED) is 0.608. The Kier molecular flexibility index (Phi) is 4.84. The zero-order valence-electron chi connectivity index (χ0n) is 17.0. The van der Waals surface area contributed by atoms with E-state index in [0.717, 1.165) is 30.7 Å². The van der Waals surface area contributed by atoms with Gasteiger partial charge in [-0.25, -0.2) is 18.4 Å². The van der Waals surface area contributed by atoms with Crippen LogP contribution in [0.15, 0.2) is 30.5 Å². The smallest absolute Gasteiger partial charge is 0.254 e. The number of carbonyl (C=O) groups excluding carboxylic acids is 1. The molecule has 2 heterocycles. The van der Waals surface area contributed by atoms with Crippen LogP contribution in [0.1, 0.15) is 73.2 Å². The molecular formula is C22H24F2N4O. The maximum Gasteiger partial charge on any atom is 0.254 e. The highest BCUT2D eigenvalue weighted by Gasteiger charge is 2.30. The van der Waals surface area contributed by atoms with Gasteiger partial charge in [0.1, 0.15) is 0 Å². The Labute approximate surface area is 168 Å². The first-order valence-electron chi connectivity index (χ1n) is 9.88. The van der Waals surface area contributed by atoms with Gasteiger partial charge in [0.15, 0.2) is 17.3 Å². The standard InChI is InChI=1S/C22H24F2N4O/c1-12(2)28-21-17(11-25-28)16(10-20(26-21)14-5-6-14)22(29)27(4)13(3)15-7-8-18(23)19(24)9-15/h7-14H,5-6H2,1-4H3. The monoisotopic (exact) mass is 398 g/mol.